The van der Waals surface area contributed by atoms with Gasteiger partial charge in [0, 0.05) is 7.11 Å². The van der Waals surface area contributed by atoms with Crippen LogP contribution in [0.1, 0.15) is 51.2 Å². The average molecular weight is 253 g/mol. The Hall–Kier alpha value is -0.940. The fourth-order valence-electron chi connectivity index (χ4n) is 2.16. The molecule has 1 saturated carbocycles. The van der Waals surface area contributed by atoms with Crippen molar-refractivity contribution in [3.8, 4) is 0 Å². The molecule has 5 heteroatoms. The van der Waals surface area contributed by atoms with Crippen molar-refractivity contribution in [3.63, 3.8) is 0 Å². The molecule has 0 aliphatic heterocycles. The Kier molecular flexibility index (Phi) is 4.35. The number of methoxy groups -OCH3 is 1. The van der Waals surface area contributed by atoms with E-state index in [2.05, 4.69) is 29.3 Å². The van der Waals surface area contributed by atoms with E-state index in [-0.39, 0.29) is 0 Å². The average Bonchev–Trinajstić information content (AvgIpc) is 3.10. The van der Waals surface area contributed by atoms with E-state index >= 15 is 0 Å². The van der Waals surface area contributed by atoms with Gasteiger partial charge in [0.05, 0.1) is 6.54 Å². The van der Waals surface area contributed by atoms with E-state index in [4.69, 9.17) is 9.26 Å². The first-order chi connectivity index (χ1) is 8.74. The molecule has 1 fully saturated rings. The molecule has 102 valence electrons. The first kappa shape index (κ1) is 13.5. The Morgan fingerprint density at radius 3 is 2.67 bits per heavy atom. The molecule has 2 rings (SSSR count). The molecule has 1 aromatic rings. The number of rotatable bonds is 8. The molecule has 0 atom stereocenters. The largest absolute Gasteiger partial charge is 0.370 e. The van der Waals surface area contributed by atoms with Gasteiger partial charge in [-0.2, -0.15) is 4.98 Å². The van der Waals surface area contributed by atoms with Gasteiger partial charge in [0.25, 0.3) is 0 Å². The SMILES string of the molecule is CCC(CC)(OC)c1noc(CNCC2CC2)n1. The topological polar surface area (TPSA) is 60.2 Å². The molecule has 0 aromatic carbocycles. The molecular formula is C13H23N3O2. The van der Waals surface area contributed by atoms with Crippen molar-refractivity contribution in [1.82, 2.24) is 15.5 Å². The van der Waals surface area contributed by atoms with Crippen LogP contribution in [0.4, 0.5) is 0 Å². The van der Waals surface area contributed by atoms with Crippen LogP contribution in [-0.2, 0) is 16.9 Å². The van der Waals surface area contributed by atoms with E-state index in [0.717, 1.165) is 25.3 Å². The lowest BCUT2D eigenvalue weighted by Gasteiger charge is -2.25. The van der Waals surface area contributed by atoms with Crippen LogP contribution >= 0.6 is 0 Å². The molecule has 5 nitrogen and oxygen atoms in total. The van der Waals surface area contributed by atoms with Crippen LogP contribution in [0.15, 0.2) is 4.52 Å². The Balaban J connectivity index is 1.94. The summed E-state index contributed by atoms with van der Waals surface area (Å²) < 4.78 is 10.9. The molecule has 0 radical (unpaired) electrons. The molecule has 1 heterocycles. The minimum absolute atomic E-state index is 0.405. The Labute approximate surface area is 108 Å². The summed E-state index contributed by atoms with van der Waals surface area (Å²) in [6.45, 7) is 5.86. The number of hydrogen-bond donors (Lipinski definition) is 1. The normalized spacial score (nSPS) is 16.2. The lowest BCUT2D eigenvalue weighted by molar-refractivity contribution is -0.0306. The van der Waals surface area contributed by atoms with Gasteiger partial charge >= 0.3 is 0 Å². The van der Waals surface area contributed by atoms with Crippen LogP contribution in [0, 0.1) is 5.92 Å². The second-order valence-electron chi connectivity index (χ2n) is 4.99. The van der Waals surface area contributed by atoms with Gasteiger partial charge in [-0.05, 0) is 38.1 Å². The molecular weight excluding hydrogens is 230 g/mol. The fraction of sp³-hybridized carbons (Fsp3) is 0.846. The second-order valence-corrected chi connectivity index (χ2v) is 4.99. The fourth-order valence-corrected chi connectivity index (χ4v) is 2.16. The molecule has 0 amide bonds. The summed E-state index contributed by atoms with van der Waals surface area (Å²) in [6.07, 6.45) is 4.38. The van der Waals surface area contributed by atoms with Crippen molar-refractivity contribution in [2.45, 2.75) is 51.7 Å². The van der Waals surface area contributed by atoms with Crippen LogP contribution in [0.5, 0.6) is 0 Å². The van der Waals surface area contributed by atoms with Gasteiger partial charge in [0.1, 0.15) is 5.60 Å². The van der Waals surface area contributed by atoms with E-state index in [1.54, 1.807) is 7.11 Å². The minimum atomic E-state index is -0.405. The van der Waals surface area contributed by atoms with Gasteiger partial charge < -0.3 is 14.6 Å². The van der Waals surface area contributed by atoms with Gasteiger partial charge in [-0.25, -0.2) is 0 Å². The van der Waals surface area contributed by atoms with Crippen molar-refractivity contribution >= 4 is 0 Å². The zero-order valence-electron chi connectivity index (χ0n) is 11.5. The summed E-state index contributed by atoms with van der Waals surface area (Å²) in [7, 11) is 1.70. The van der Waals surface area contributed by atoms with Crippen molar-refractivity contribution in [2.24, 2.45) is 5.92 Å². The standard InChI is InChI=1S/C13H23N3O2/c1-4-13(5-2,17-3)12-15-11(18-16-12)9-14-8-10-6-7-10/h10,14H,4-9H2,1-3H3. The maximum atomic E-state index is 5.58. The number of ether oxygens (including phenoxy) is 1. The number of nitrogens with one attached hydrogen (secondary N) is 1. The Morgan fingerprint density at radius 2 is 2.11 bits per heavy atom. The van der Waals surface area contributed by atoms with Gasteiger partial charge in [-0.15, -0.1) is 0 Å². The van der Waals surface area contributed by atoms with Crippen molar-refractivity contribution < 1.29 is 9.26 Å². The minimum Gasteiger partial charge on any atom is -0.370 e. The quantitative estimate of drug-likeness (QED) is 0.770. The molecule has 1 aliphatic carbocycles. The van der Waals surface area contributed by atoms with Gasteiger partial charge in [0.15, 0.2) is 0 Å². The van der Waals surface area contributed by atoms with E-state index < -0.39 is 5.60 Å². The second kappa shape index (κ2) is 5.80. The van der Waals surface area contributed by atoms with Gasteiger partial charge in [0.2, 0.25) is 11.7 Å². The summed E-state index contributed by atoms with van der Waals surface area (Å²) in [5.41, 5.74) is -0.405. The summed E-state index contributed by atoms with van der Waals surface area (Å²) in [5, 5.41) is 7.41. The predicted molar refractivity (Wildman–Crippen MR) is 68.0 cm³/mol. The Bertz CT molecular complexity index is 362. The zero-order chi connectivity index (χ0) is 13.0. The predicted octanol–water partition coefficient (Wildman–Crippen LogP) is 2.23. The first-order valence-corrected chi connectivity index (χ1v) is 6.83. The first-order valence-electron chi connectivity index (χ1n) is 6.83. The Morgan fingerprint density at radius 1 is 1.39 bits per heavy atom. The van der Waals surface area contributed by atoms with Crippen LogP contribution in [-0.4, -0.2) is 23.8 Å². The van der Waals surface area contributed by atoms with E-state index in [1.165, 1.54) is 12.8 Å². The smallest absolute Gasteiger partial charge is 0.240 e. The molecule has 1 N–H and O–H groups in total. The van der Waals surface area contributed by atoms with Crippen LogP contribution < -0.4 is 5.32 Å². The molecule has 1 aliphatic rings. The van der Waals surface area contributed by atoms with Gasteiger partial charge in [-0.3, -0.25) is 0 Å². The van der Waals surface area contributed by atoms with Crippen LogP contribution in [0.3, 0.4) is 0 Å². The third-order valence-corrected chi connectivity index (χ3v) is 3.81. The zero-order valence-corrected chi connectivity index (χ0v) is 11.5. The highest BCUT2D eigenvalue weighted by atomic mass is 16.5. The molecule has 18 heavy (non-hydrogen) atoms. The van der Waals surface area contributed by atoms with Crippen molar-refractivity contribution in [3.05, 3.63) is 11.7 Å². The number of nitrogens with zero attached hydrogens (tertiary/aromatic N) is 2. The maximum Gasteiger partial charge on any atom is 0.240 e. The molecule has 0 bridgehead atoms. The number of aromatic nitrogens is 2. The summed E-state index contributed by atoms with van der Waals surface area (Å²) in [4.78, 5) is 4.45. The molecule has 0 saturated heterocycles. The highest BCUT2D eigenvalue weighted by Gasteiger charge is 2.33. The van der Waals surface area contributed by atoms with Crippen molar-refractivity contribution in [1.29, 1.82) is 0 Å². The lowest BCUT2D eigenvalue weighted by Crippen LogP contribution is -2.28. The molecule has 1 aromatic heterocycles. The summed E-state index contributed by atoms with van der Waals surface area (Å²) in [5.74, 6) is 2.17. The number of hydrogen-bond acceptors (Lipinski definition) is 5. The molecule has 0 unspecified atom stereocenters. The van der Waals surface area contributed by atoms with E-state index in [9.17, 15) is 0 Å². The summed E-state index contributed by atoms with van der Waals surface area (Å²) >= 11 is 0. The monoisotopic (exact) mass is 253 g/mol. The summed E-state index contributed by atoms with van der Waals surface area (Å²) in [6, 6.07) is 0. The van der Waals surface area contributed by atoms with Gasteiger partial charge in [-0.1, -0.05) is 19.0 Å². The van der Waals surface area contributed by atoms with Crippen molar-refractivity contribution in [2.75, 3.05) is 13.7 Å². The maximum absolute atomic E-state index is 5.58. The third kappa shape index (κ3) is 2.90. The van der Waals surface area contributed by atoms with Crippen LogP contribution in [0.25, 0.3) is 0 Å². The highest BCUT2D eigenvalue weighted by Crippen LogP contribution is 2.30. The van der Waals surface area contributed by atoms with Crippen LogP contribution in [0.2, 0.25) is 0 Å². The van der Waals surface area contributed by atoms with E-state index in [1.807, 2.05) is 0 Å². The highest BCUT2D eigenvalue weighted by molar-refractivity contribution is 5.00. The van der Waals surface area contributed by atoms with E-state index in [0.29, 0.717) is 18.3 Å². The molecule has 0 spiro atoms. The lowest BCUT2D eigenvalue weighted by atomic mass is 9.96. The third-order valence-electron chi connectivity index (χ3n) is 3.81.